The van der Waals surface area contributed by atoms with Crippen molar-refractivity contribution in [3.05, 3.63) is 27.7 Å². The number of ether oxygens (including phenoxy) is 1. The highest BCUT2D eigenvalue weighted by atomic mass is 79.9. The second-order valence-electron chi connectivity index (χ2n) is 2.65. The standard InChI is InChI=1S/C10H8BrNO3/c1-2-15-10(14)8-6(5-12)3-4-7(11)9(8)13/h3-4,13H,2H2,1H3. The van der Waals surface area contributed by atoms with Crippen molar-refractivity contribution in [2.24, 2.45) is 0 Å². The number of benzene rings is 1. The van der Waals surface area contributed by atoms with Gasteiger partial charge in [-0.05, 0) is 35.0 Å². The van der Waals surface area contributed by atoms with Crippen LogP contribution < -0.4 is 0 Å². The number of halogens is 1. The summed E-state index contributed by atoms with van der Waals surface area (Å²) >= 11 is 3.06. The molecule has 0 aliphatic rings. The minimum Gasteiger partial charge on any atom is -0.506 e. The zero-order valence-corrected chi connectivity index (χ0v) is 9.54. The fourth-order valence-corrected chi connectivity index (χ4v) is 1.40. The minimum atomic E-state index is -0.701. The Kier molecular flexibility index (Phi) is 3.69. The van der Waals surface area contributed by atoms with Gasteiger partial charge in [-0.3, -0.25) is 0 Å². The molecular weight excluding hydrogens is 262 g/mol. The third-order valence-electron chi connectivity index (χ3n) is 1.73. The van der Waals surface area contributed by atoms with E-state index in [0.29, 0.717) is 4.47 Å². The number of rotatable bonds is 2. The molecule has 0 bridgehead atoms. The fourth-order valence-electron chi connectivity index (χ4n) is 1.07. The van der Waals surface area contributed by atoms with Gasteiger partial charge in [-0.1, -0.05) is 0 Å². The van der Waals surface area contributed by atoms with Gasteiger partial charge in [0.15, 0.2) is 0 Å². The molecule has 0 spiro atoms. The van der Waals surface area contributed by atoms with E-state index in [1.165, 1.54) is 12.1 Å². The molecule has 5 heteroatoms. The Balaban J connectivity index is 3.31. The number of nitriles is 1. The van der Waals surface area contributed by atoms with Crippen LogP contribution in [-0.2, 0) is 4.74 Å². The predicted molar refractivity (Wildman–Crippen MR) is 56.5 cm³/mol. The topological polar surface area (TPSA) is 70.3 Å². The molecule has 78 valence electrons. The lowest BCUT2D eigenvalue weighted by molar-refractivity contribution is 0.0522. The van der Waals surface area contributed by atoms with Gasteiger partial charge in [0.25, 0.3) is 0 Å². The minimum absolute atomic E-state index is 0.0918. The quantitative estimate of drug-likeness (QED) is 0.836. The number of hydrogen-bond acceptors (Lipinski definition) is 4. The number of carbonyl (C=O) groups excluding carboxylic acids is 1. The first-order chi connectivity index (χ1) is 7.11. The van der Waals surface area contributed by atoms with Crippen molar-refractivity contribution in [2.45, 2.75) is 6.92 Å². The highest BCUT2D eigenvalue weighted by molar-refractivity contribution is 9.10. The maximum atomic E-state index is 11.4. The highest BCUT2D eigenvalue weighted by Gasteiger charge is 2.19. The van der Waals surface area contributed by atoms with E-state index in [9.17, 15) is 9.90 Å². The van der Waals surface area contributed by atoms with E-state index in [2.05, 4.69) is 15.9 Å². The molecule has 1 rings (SSSR count). The largest absolute Gasteiger partial charge is 0.506 e. The number of carbonyl (C=O) groups is 1. The Hall–Kier alpha value is -1.54. The molecule has 0 amide bonds. The fraction of sp³-hybridized carbons (Fsp3) is 0.200. The van der Waals surface area contributed by atoms with Gasteiger partial charge in [-0.2, -0.15) is 5.26 Å². The molecule has 0 aliphatic carbocycles. The maximum absolute atomic E-state index is 11.4. The molecule has 0 aromatic heterocycles. The van der Waals surface area contributed by atoms with Crippen LogP contribution in [0.25, 0.3) is 0 Å². The van der Waals surface area contributed by atoms with Crippen LogP contribution in [0, 0.1) is 11.3 Å². The van der Waals surface area contributed by atoms with Gasteiger partial charge in [-0.25, -0.2) is 4.79 Å². The van der Waals surface area contributed by atoms with Gasteiger partial charge in [0, 0.05) is 0 Å². The molecule has 0 saturated heterocycles. The number of phenols is 1. The van der Waals surface area contributed by atoms with Gasteiger partial charge >= 0.3 is 5.97 Å². The summed E-state index contributed by atoms with van der Waals surface area (Å²) in [6.45, 7) is 1.84. The van der Waals surface area contributed by atoms with E-state index in [1.54, 1.807) is 6.92 Å². The Morgan fingerprint density at radius 1 is 1.67 bits per heavy atom. The first-order valence-corrected chi connectivity index (χ1v) is 4.99. The molecule has 0 atom stereocenters. The zero-order valence-electron chi connectivity index (χ0n) is 7.95. The summed E-state index contributed by atoms with van der Waals surface area (Å²) in [7, 11) is 0. The van der Waals surface area contributed by atoms with Gasteiger partial charge in [0.05, 0.1) is 16.6 Å². The maximum Gasteiger partial charge on any atom is 0.343 e. The summed E-state index contributed by atoms with van der Waals surface area (Å²) in [6.07, 6.45) is 0. The molecule has 0 saturated carbocycles. The molecular formula is C10H8BrNO3. The average molecular weight is 270 g/mol. The molecule has 1 aromatic rings. The van der Waals surface area contributed by atoms with E-state index < -0.39 is 5.97 Å². The van der Waals surface area contributed by atoms with Crippen LogP contribution in [0.4, 0.5) is 0 Å². The van der Waals surface area contributed by atoms with E-state index in [0.717, 1.165) is 0 Å². The molecule has 1 aromatic carbocycles. The molecule has 0 radical (unpaired) electrons. The van der Waals surface area contributed by atoms with Crippen molar-refractivity contribution in [3.63, 3.8) is 0 Å². The monoisotopic (exact) mass is 269 g/mol. The van der Waals surface area contributed by atoms with Gasteiger partial charge in [-0.15, -0.1) is 0 Å². The Labute approximate surface area is 95.2 Å². The Morgan fingerprint density at radius 3 is 2.87 bits per heavy atom. The summed E-state index contributed by atoms with van der Waals surface area (Å²) < 4.78 is 5.09. The van der Waals surface area contributed by atoms with E-state index in [4.69, 9.17) is 10.00 Å². The van der Waals surface area contributed by atoms with Crippen LogP contribution in [0.5, 0.6) is 5.75 Å². The van der Waals surface area contributed by atoms with Gasteiger partial charge in [0.2, 0.25) is 0 Å². The first kappa shape index (κ1) is 11.5. The Morgan fingerprint density at radius 2 is 2.33 bits per heavy atom. The van der Waals surface area contributed by atoms with E-state index in [-0.39, 0.29) is 23.5 Å². The summed E-state index contributed by atoms with van der Waals surface area (Å²) in [6, 6.07) is 4.76. The molecule has 0 heterocycles. The van der Waals surface area contributed by atoms with Crippen molar-refractivity contribution < 1.29 is 14.6 Å². The lowest BCUT2D eigenvalue weighted by atomic mass is 10.1. The van der Waals surface area contributed by atoms with Gasteiger partial charge < -0.3 is 9.84 Å². The van der Waals surface area contributed by atoms with Crippen LogP contribution in [0.1, 0.15) is 22.8 Å². The molecule has 1 N–H and O–H groups in total. The lowest BCUT2D eigenvalue weighted by Gasteiger charge is -2.07. The SMILES string of the molecule is CCOC(=O)c1c(C#N)ccc(Br)c1O. The summed E-state index contributed by atoms with van der Waals surface area (Å²) in [5, 5.41) is 18.4. The Bertz CT molecular complexity index is 437. The molecule has 0 unspecified atom stereocenters. The summed E-state index contributed by atoms with van der Waals surface area (Å²) in [5.41, 5.74) is -0.0112. The number of aromatic hydroxyl groups is 1. The van der Waals surface area contributed by atoms with Crippen molar-refractivity contribution in [2.75, 3.05) is 6.61 Å². The molecule has 0 aliphatic heterocycles. The first-order valence-electron chi connectivity index (χ1n) is 4.20. The molecule has 4 nitrogen and oxygen atoms in total. The van der Waals surface area contributed by atoms with E-state index >= 15 is 0 Å². The van der Waals surface area contributed by atoms with Crippen molar-refractivity contribution >= 4 is 21.9 Å². The molecule has 15 heavy (non-hydrogen) atoms. The number of esters is 1. The number of hydrogen-bond donors (Lipinski definition) is 1. The van der Waals surface area contributed by atoms with Gasteiger partial charge in [0.1, 0.15) is 17.4 Å². The zero-order chi connectivity index (χ0) is 11.4. The van der Waals surface area contributed by atoms with Crippen LogP contribution in [0.3, 0.4) is 0 Å². The van der Waals surface area contributed by atoms with Crippen LogP contribution in [0.2, 0.25) is 0 Å². The van der Waals surface area contributed by atoms with Crippen molar-refractivity contribution in [1.82, 2.24) is 0 Å². The third kappa shape index (κ3) is 2.28. The van der Waals surface area contributed by atoms with Crippen LogP contribution >= 0.6 is 15.9 Å². The van der Waals surface area contributed by atoms with Crippen molar-refractivity contribution in [1.29, 1.82) is 5.26 Å². The number of nitrogens with zero attached hydrogens (tertiary/aromatic N) is 1. The predicted octanol–water partition coefficient (Wildman–Crippen LogP) is 2.20. The second kappa shape index (κ2) is 4.80. The lowest BCUT2D eigenvalue weighted by Crippen LogP contribution is -2.07. The summed E-state index contributed by atoms with van der Waals surface area (Å²) in [5.74, 6) is -0.972. The smallest absolute Gasteiger partial charge is 0.343 e. The number of phenolic OH excluding ortho intramolecular Hbond substituents is 1. The van der Waals surface area contributed by atoms with E-state index in [1.807, 2.05) is 6.07 Å². The average Bonchev–Trinajstić information content (AvgIpc) is 2.22. The third-order valence-corrected chi connectivity index (χ3v) is 2.37. The summed E-state index contributed by atoms with van der Waals surface area (Å²) in [4.78, 5) is 11.4. The highest BCUT2D eigenvalue weighted by Crippen LogP contribution is 2.30. The van der Waals surface area contributed by atoms with Crippen LogP contribution in [0.15, 0.2) is 16.6 Å². The second-order valence-corrected chi connectivity index (χ2v) is 3.51. The van der Waals surface area contributed by atoms with Crippen molar-refractivity contribution in [3.8, 4) is 11.8 Å². The molecule has 0 fully saturated rings. The van der Waals surface area contributed by atoms with Crippen LogP contribution in [-0.4, -0.2) is 17.7 Å². The normalized spacial score (nSPS) is 9.40.